The summed E-state index contributed by atoms with van der Waals surface area (Å²) < 4.78 is 5.43. The quantitative estimate of drug-likeness (QED) is 0.872. The number of piperidine rings is 1. The molecule has 2 aliphatic heterocycles. The van der Waals surface area contributed by atoms with Gasteiger partial charge in [0.05, 0.1) is 12.5 Å². The van der Waals surface area contributed by atoms with Crippen LogP contribution in [0.5, 0.6) is 5.75 Å². The van der Waals surface area contributed by atoms with E-state index in [9.17, 15) is 9.59 Å². The van der Waals surface area contributed by atoms with Gasteiger partial charge >= 0.3 is 12.0 Å². The summed E-state index contributed by atoms with van der Waals surface area (Å²) in [6, 6.07) is 5.34. The van der Waals surface area contributed by atoms with Crippen LogP contribution in [0.1, 0.15) is 18.4 Å². The van der Waals surface area contributed by atoms with Gasteiger partial charge in [-0.15, -0.1) is 0 Å². The van der Waals surface area contributed by atoms with Gasteiger partial charge < -0.3 is 20.1 Å². The summed E-state index contributed by atoms with van der Waals surface area (Å²) >= 11 is 0. The highest BCUT2D eigenvalue weighted by atomic mass is 16.5. The van der Waals surface area contributed by atoms with Crippen LogP contribution in [0.4, 0.5) is 10.5 Å². The Labute approximate surface area is 122 Å². The molecule has 0 radical (unpaired) electrons. The number of nitrogens with zero attached hydrogens (tertiary/aromatic N) is 1. The highest BCUT2D eigenvalue weighted by Crippen LogP contribution is 2.28. The maximum absolute atomic E-state index is 12.2. The first kappa shape index (κ1) is 13.7. The summed E-state index contributed by atoms with van der Waals surface area (Å²) in [5.74, 6) is -0.419. The maximum atomic E-state index is 12.2. The predicted octanol–water partition coefficient (Wildman–Crippen LogP) is 1.95. The fourth-order valence-corrected chi connectivity index (χ4v) is 2.83. The fraction of sp³-hybridized carbons (Fsp3) is 0.467. The average Bonchev–Trinajstić information content (AvgIpc) is 2.95. The molecule has 2 heterocycles. The van der Waals surface area contributed by atoms with E-state index in [1.165, 1.54) is 0 Å². The minimum absolute atomic E-state index is 0.236. The lowest BCUT2D eigenvalue weighted by Gasteiger charge is -2.30. The number of hydrogen-bond donors (Lipinski definition) is 2. The van der Waals surface area contributed by atoms with E-state index in [2.05, 4.69) is 5.32 Å². The van der Waals surface area contributed by atoms with Crippen LogP contribution in [-0.2, 0) is 11.2 Å². The number of rotatable bonds is 2. The molecule has 112 valence electrons. The second kappa shape index (κ2) is 5.63. The van der Waals surface area contributed by atoms with Crippen LogP contribution in [0.25, 0.3) is 0 Å². The number of amides is 2. The number of likely N-dealkylation sites (tertiary alicyclic amines) is 1. The Morgan fingerprint density at radius 2 is 2.24 bits per heavy atom. The van der Waals surface area contributed by atoms with Gasteiger partial charge in [-0.2, -0.15) is 0 Å². The molecule has 1 unspecified atom stereocenters. The number of hydrogen-bond acceptors (Lipinski definition) is 3. The molecule has 3 rings (SSSR count). The standard InChI is InChI=1S/C15H18N2O4/c18-14(19)11-2-1-6-17(9-11)15(20)16-12-3-4-13-10(8-12)5-7-21-13/h3-4,8,11H,1-2,5-7,9H2,(H,16,20)(H,18,19). The van der Waals surface area contributed by atoms with Crippen LogP contribution in [-0.4, -0.2) is 41.7 Å². The summed E-state index contributed by atoms with van der Waals surface area (Å²) in [5, 5.41) is 11.9. The predicted molar refractivity (Wildman–Crippen MR) is 76.6 cm³/mol. The summed E-state index contributed by atoms with van der Waals surface area (Å²) in [4.78, 5) is 24.8. The Kier molecular flexibility index (Phi) is 3.68. The Morgan fingerprint density at radius 3 is 3.05 bits per heavy atom. The second-order valence-corrected chi connectivity index (χ2v) is 5.47. The molecule has 21 heavy (non-hydrogen) atoms. The Bertz CT molecular complexity index is 573. The van der Waals surface area contributed by atoms with E-state index in [0.717, 1.165) is 29.8 Å². The second-order valence-electron chi connectivity index (χ2n) is 5.47. The molecule has 0 aliphatic carbocycles. The van der Waals surface area contributed by atoms with Crippen molar-refractivity contribution in [1.82, 2.24) is 4.90 Å². The van der Waals surface area contributed by atoms with Gasteiger partial charge in [-0.25, -0.2) is 4.79 Å². The van der Waals surface area contributed by atoms with Crippen LogP contribution in [0.3, 0.4) is 0 Å². The van der Waals surface area contributed by atoms with E-state index in [0.29, 0.717) is 19.6 Å². The average molecular weight is 290 g/mol. The zero-order valence-electron chi connectivity index (χ0n) is 11.7. The Morgan fingerprint density at radius 1 is 1.38 bits per heavy atom. The van der Waals surface area contributed by atoms with Crippen molar-refractivity contribution >= 4 is 17.7 Å². The number of carboxylic acid groups (broad SMARTS) is 1. The topological polar surface area (TPSA) is 78.9 Å². The van der Waals surface area contributed by atoms with Crippen molar-refractivity contribution in [1.29, 1.82) is 0 Å². The lowest BCUT2D eigenvalue weighted by Crippen LogP contribution is -2.44. The van der Waals surface area contributed by atoms with E-state index >= 15 is 0 Å². The molecule has 0 bridgehead atoms. The lowest BCUT2D eigenvalue weighted by atomic mass is 9.99. The van der Waals surface area contributed by atoms with Gasteiger partial charge in [-0.3, -0.25) is 4.79 Å². The van der Waals surface area contributed by atoms with Gasteiger partial charge in [-0.1, -0.05) is 0 Å². The SMILES string of the molecule is O=C(O)C1CCCN(C(=O)Nc2ccc3c(c2)CCO3)C1. The van der Waals surface area contributed by atoms with Gasteiger partial charge in [0.25, 0.3) is 0 Å². The van der Waals surface area contributed by atoms with E-state index in [4.69, 9.17) is 9.84 Å². The van der Waals surface area contributed by atoms with Crippen LogP contribution in [0.15, 0.2) is 18.2 Å². The van der Waals surface area contributed by atoms with Crippen molar-refractivity contribution in [3.63, 3.8) is 0 Å². The number of benzene rings is 1. The molecule has 2 aliphatic rings. The number of aliphatic carboxylic acids is 1. The smallest absolute Gasteiger partial charge is 0.321 e. The maximum Gasteiger partial charge on any atom is 0.321 e. The minimum Gasteiger partial charge on any atom is -0.493 e. The Balaban J connectivity index is 1.64. The van der Waals surface area contributed by atoms with Crippen LogP contribution >= 0.6 is 0 Å². The highest BCUT2D eigenvalue weighted by molar-refractivity contribution is 5.90. The monoisotopic (exact) mass is 290 g/mol. The molecule has 6 nitrogen and oxygen atoms in total. The van der Waals surface area contributed by atoms with Gasteiger partial charge in [-0.05, 0) is 36.6 Å². The van der Waals surface area contributed by atoms with Crippen LogP contribution in [0.2, 0.25) is 0 Å². The number of ether oxygens (including phenoxy) is 1. The number of carboxylic acids is 1. The van der Waals surface area contributed by atoms with E-state index in [-0.39, 0.29) is 12.6 Å². The first-order valence-electron chi connectivity index (χ1n) is 7.18. The van der Waals surface area contributed by atoms with E-state index < -0.39 is 11.9 Å². The molecule has 1 atom stereocenters. The number of carbonyl (C=O) groups is 2. The number of nitrogens with one attached hydrogen (secondary N) is 1. The number of urea groups is 1. The first-order valence-corrected chi connectivity index (χ1v) is 7.18. The third kappa shape index (κ3) is 2.94. The molecular formula is C15H18N2O4. The lowest BCUT2D eigenvalue weighted by molar-refractivity contribution is -0.143. The first-order chi connectivity index (χ1) is 10.1. The van der Waals surface area contributed by atoms with Crippen LogP contribution in [0, 0.1) is 5.92 Å². The van der Waals surface area contributed by atoms with Gasteiger partial charge in [0, 0.05) is 25.2 Å². The van der Waals surface area contributed by atoms with Crippen molar-refractivity contribution < 1.29 is 19.4 Å². The molecule has 2 amide bonds. The van der Waals surface area contributed by atoms with Crippen LogP contribution < -0.4 is 10.1 Å². The van der Waals surface area contributed by atoms with E-state index in [1.54, 1.807) is 11.0 Å². The molecular weight excluding hydrogens is 272 g/mol. The van der Waals surface area contributed by atoms with Gasteiger partial charge in [0.2, 0.25) is 0 Å². The zero-order chi connectivity index (χ0) is 14.8. The summed E-state index contributed by atoms with van der Waals surface area (Å²) in [6.45, 7) is 1.55. The third-order valence-corrected chi connectivity index (χ3v) is 4.00. The summed E-state index contributed by atoms with van der Waals surface area (Å²) in [6.07, 6.45) is 2.21. The summed E-state index contributed by atoms with van der Waals surface area (Å²) in [5.41, 5.74) is 1.82. The third-order valence-electron chi connectivity index (χ3n) is 4.00. The summed E-state index contributed by atoms with van der Waals surface area (Å²) in [7, 11) is 0. The van der Waals surface area contributed by atoms with E-state index in [1.807, 2.05) is 12.1 Å². The number of carbonyl (C=O) groups excluding carboxylic acids is 1. The minimum atomic E-state index is -0.831. The molecule has 6 heteroatoms. The van der Waals surface area contributed by atoms with Gasteiger partial charge in [0.1, 0.15) is 5.75 Å². The Hall–Kier alpha value is -2.24. The molecule has 0 saturated carbocycles. The van der Waals surface area contributed by atoms with Crippen molar-refractivity contribution in [3.05, 3.63) is 23.8 Å². The zero-order valence-corrected chi connectivity index (χ0v) is 11.7. The number of fused-ring (bicyclic) bond motifs is 1. The molecule has 1 aromatic carbocycles. The largest absolute Gasteiger partial charge is 0.493 e. The van der Waals surface area contributed by atoms with Crippen molar-refractivity contribution in [3.8, 4) is 5.75 Å². The molecule has 1 saturated heterocycles. The highest BCUT2D eigenvalue weighted by Gasteiger charge is 2.28. The molecule has 0 spiro atoms. The molecule has 1 fully saturated rings. The fourth-order valence-electron chi connectivity index (χ4n) is 2.83. The molecule has 2 N–H and O–H groups in total. The molecule has 0 aromatic heterocycles. The van der Waals surface area contributed by atoms with Crippen molar-refractivity contribution in [2.45, 2.75) is 19.3 Å². The normalized spacial score (nSPS) is 20.6. The van der Waals surface area contributed by atoms with Crippen molar-refractivity contribution in [2.24, 2.45) is 5.92 Å². The molecule has 1 aromatic rings. The van der Waals surface area contributed by atoms with Gasteiger partial charge in [0.15, 0.2) is 0 Å². The van der Waals surface area contributed by atoms with Crippen molar-refractivity contribution in [2.75, 3.05) is 25.0 Å². The number of anilines is 1.